The summed E-state index contributed by atoms with van der Waals surface area (Å²) >= 11 is 0. The van der Waals surface area contributed by atoms with E-state index in [-0.39, 0.29) is 41.3 Å². The van der Waals surface area contributed by atoms with E-state index >= 15 is 0 Å². The van der Waals surface area contributed by atoms with E-state index in [9.17, 15) is 51.1 Å². The summed E-state index contributed by atoms with van der Waals surface area (Å²) in [6, 6.07) is 0. The zero-order chi connectivity index (χ0) is 45.1. The first-order chi connectivity index (χ1) is 29.8. The van der Waals surface area contributed by atoms with E-state index in [1.165, 1.54) is 13.8 Å². The topological polar surface area (TPSA) is 276 Å². The van der Waals surface area contributed by atoms with Gasteiger partial charge in [0.05, 0.1) is 43.7 Å². The summed E-state index contributed by atoms with van der Waals surface area (Å²) in [4.78, 5) is 0. The second kappa shape index (κ2) is 17.7. The van der Waals surface area contributed by atoms with Gasteiger partial charge in [-0.05, 0) is 106 Å². The summed E-state index contributed by atoms with van der Waals surface area (Å²) in [5, 5.41) is 108. The number of rotatable bonds is 8. The third-order valence-corrected chi connectivity index (χ3v) is 18.4. The lowest BCUT2D eigenvalue weighted by molar-refractivity contribution is -0.387. The zero-order valence-electron chi connectivity index (χ0n) is 37.2. The van der Waals surface area contributed by atoms with Gasteiger partial charge >= 0.3 is 0 Å². The molecule has 9 fully saturated rings. The van der Waals surface area contributed by atoms with E-state index in [0.29, 0.717) is 43.1 Å². The normalized spacial score (nSPS) is 59.4. The molecule has 18 nitrogen and oxygen atoms in total. The van der Waals surface area contributed by atoms with Gasteiger partial charge in [-0.3, -0.25) is 0 Å². The molecule has 0 aromatic heterocycles. The van der Waals surface area contributed by atoms with Crippen molar-refractivity contribution >= 4 is 0 Å². The summed E-state index contributed by atoms with van der Waals surface area (Å²) in [5.74, 6) is 1.97. The van der Waals surface area contributed by atoms with Crippen molar-refractivity contribution in [2.24, 2.45) is 52.3 Å². The monoisotopic (exact) mass is 902 g/mol. The molecule has 362 valence electrons. The van der Waals surface area contributed by atoms with Crippen LogP contribution in [0.2, 0.25) is 0 Å². The third-order valence-electron chi connectivity index (χ3n) is 18.4. The fourth-order valence-electron chi connectivity index (χ4n) is 14.7. The molecule has 5 heterocycles. The molecule has 5 aliphatic heterocycles. The number of fused-ring (bicyclic) bond motifs is 7. The van der Waals surface area contributed by atoms with Crippen LogP contribution in [0, 0.1) is 52.3 Å². The molecular formula is C45H74O18. The molecule has 0 aromatic carbocycles. The molecule has 9 rings (SSSR count). The van der Waals surface area contributed by atoms with Gasteiger partial charge in [-0.15, -0.1) is 0 Å². The van der Waals surface area contributed by atoms with E-state index < -0.39 is 117 Å². The molecule has 0 bridgehead atoms. The van der Waals surface area contributed by atoms with Crippen molar-refractivity contribution < 1.29 is 89.0 Å². The Labute approximate surface area is 369 Å². The summed E-state index contributed by atoms with van der Waals surface area (Å²) in [7, 11) is 0. The van der Waals surface area contributed by atoms with Crippen LogP contribution in [0.5, 0.6) is 0 Å². The standard InChI is InChI=1S/C45H74O18/c1-18-30-28(63-45(18)11-8-21(15-46)17-56-45)13-25-23-7-6-22-12-27(26(48)14-44(22,5)24(23)9-10-43(25,30)4)59-41-37(55)35(53)38(29(16-47)60-41)61-42-39(34(52)32(50)20(3)58-42)62-40-36(54)33(51)31(49)19(2)57-40/h18-42,46-55H,6-17H2,1-5H3. The van der Waals surface area contributed by atoms with Gasteiger partial charge in [-0.25, -0.2) is 0 Å². The average molecular weight is 903 g/mol. The maximum Gasteiger partial charge on any atom is 0.187 e. The number of aliphatic hydroxyl groups is 10. The van der Waals surface area contributed by atoms with Crippen LogP contribution in [-0.2, 0) is 37.9 Å². The SMILES string of the molecule is CC1OC(OC2C(OC3C(CO)OC(OC4CC5CCC6C(CCC7(C)C6CC6OC8(CCC(CO)CO8)C(C)C67)C5(C)CC4O)C(O)C3O)OC(C)C(O)C2O)C(O)C(O)C1O. The first-order valence-corrected chi connectivity index (χ1v) is 23.8. The summed E-state index contributed by atoms with van der Waals surface area (Å²) in [6.07, 6.45) is -15.9. The number of aliphatic hydroxyl groups excluding tert-OH is 10. The van der Waals surface area contributed by atoms with Crippen LogP contribution in [-0.4, -0.2) is 187 Å². The highest BCUT2D eigenvalue weighted by atomic mass is 16.8. The fraction of sp³-hybridized carbons (Fsp3) is 1.00. The van der Waals surface area contributed by atoms with E-state index in [1.807, 2.05) is 0 Å². The van der Waals surface area contributed by atoms with Gasteiger partial charge in [-0.1, -0.05) is 20.8 Å². The van der Waals surface area contributed by atoms with Crippen LogP contribution >= 0.6 is 0 Å². The molecule has 4 saturated carbocycles. The van der Waals surface area contributed by atoms with Crippen molar-refractivity contribution in [2.75, 3.05) is 19.8 Å². The predicted molar refractivity (Wildman–Crippen MR) is 216 cm³/mol. The van der Waals surface area contributed by atoms with Gasteiger partial charge in [0.15, 0.2) is 24.7 Å². The maximum absolute atomic E-state index is 11.8. The van der Waals surface area contributed by atoms with Crippen molar-refractivity contribution in [3.63, 3.8) is 0 Å². The van der Waals surface area contributed by atoms with Crippen LogP contribution < -0.4 is 0 Å². The minimum absolute atomic E-state index is 0.129. The van der Waals surface area contributed by atoms with Crippen molar-refractivity contribution in [1.29, 1.82) is 0 Å². The molecule has 28 atom stereocenters. The molecule has 0 radical (unpaired) electrons. The summed E-state index contributed by atoms with van der Waals surface area (Å²) < 4.78 is 49.1. The molecule has 10 N–H and O–H groups in total. The Morgan fingerprint density at radius 2 is 1.25 bits per heavy atom. The van der Waals surface area contributed by atoms with Crippen LogP contribution in [0.25, 0.3) is 0 Å². The lowest BCUT2D eigenvalue weighted by Crippen LogP contribution is -2.66. The molecule has 0 aromatic rings. The molecule has 63 heavy (non-hydrogen) atoms. The highest BCUT2D eigenvalue weighted by Crippen LogP contribution is 2.71. The Balaban J connectivity index is 0.839. The fourth-order valence-corrected chi connectivity index (χ4v) is 14.7. The highest BCUT2D eigenvalue weighted by Gasteiger charge is 2.69. The van der Waals surface area contributed by atoms with Gasteiger partial charge in [-0.2, -0.15) is 0 Å². The molecule has 9 aliphatic rings. The molecule has 28 unspecified atom stereocenters. The van der Waals surface area contributed by atoms with Gasteiger partial charge in [0.1, 0.15) is 61.0 Å². The molecule has 5 saturated heterocycles. The van der Waals surface area contributed by atoms with Crippen LogP contribution in [0.4, 0.5) is 0 Å². The Bertz CT molecular complexity index is 1580. The summed E-state index contributed by atoms with van der Waals surface area (Å²) in [6.45, 7) is 10.0. The lowest BCUT2D eigenvalue weighted by Gasteiger charge is -2.62. The van der Waals surface area contributed by atoms with Gasteiger partial charge in [0, 0.05) is 24.9 Å². The Hall–Kier alpha value is -0.720. The van der Waals surface area contributed by atoms with Crippen LogP contribution in [0.15, 0.2) is 0 Å². The maximum atomic E-state index is 11.8. The molecule has 18 heteroatoms. The molecular weight excluding hydrogens is 828 g/mol. The quantitative estimate of drug-likeness (QED) is 0.134. The largest absolute Gasteiger partial charge is 0.396 e. The number of hydrogen-bond donors (Lipinski definition) is 10. The van der Waals surface area contributed by atoms with Crippen molar-refractivity contribution in [3.05, 3.63) is 0 Å². The Kier molecular flexibility index (Phi) is 13.3. The zero-order valence-corrected chi connectivity index (χ0v) is 37.2. The molecule has 4 aliphatic carbocycles. The smallest absolute Gasteiger partial charge is 0.187 e. The van der Waals surface area contributed by atoms with Crippen LogP contribution in [0.3, 0.4) is 0 Å². The van der Waals surface area contributed by atoms with Crippen LogP contribution in [0.1, 0.15) is 92.4 Å². The van der Waals surface area contributed by atoms with E-state index in [1.54, 1.807) is 0 Å². The minimum atomic E-state index is -1.75. The lowest BCUT2D eigenvalue weighted by atomic mass is 9.44. The Morgan fingerprint density at radius 3 is 1.94 bits per heavy atom. The second-order valence-electron chi connectivity index (χ2n) is 21.6. The first-order valence-electron chi connectivity index (χ1n) is 23.8. The van der Waals surface area contributed by atoms with E-state index in [0.717, 1.165) is 44.9 Å². The van der Waals surface area contributed by atoms with Gasteiger partial charge < -0.3 is 89.0 Å². The highest BCUT2D eigenvalue weighted by molar-refractivity contribution is 5.16. The number of ether oxygens (including phenoxy) is 8. The number of hydrogen-bond acceptors (Lipinski definition) is 18. The minimum Gasteiger partial charge on any atom is -0.396 e. The predicted octanol–water partition coefficient (Wildman–Crippen LogP) is -0.735. The van der Waals surface area contributed by atoms with Crippen molar-refractivity contribution in [2.45, 2.75) is 209 Å². The molecule has 0 amide bonds. The van der Waals surface area contributed by atoms with Crippen molar-refractivity contribution in [3.8, 4) is 0 Å². The Morgan fingerprint density at radius 1 is 0.603 bits per heavy atom. The average Bonchev–Trinajstić information content (AvgIpc) is 3.70. The second-order valence-corrected chi connectivity index (χ2v) is 21.6. The summed E-state index contributed by atoms with van der Waals surface area (Å²) in [5.41, 5.74) is -0.00898. The first kappa shape index (κ1) is 47.4. The van der Waals surface area contributed by atoms with E-state index in [4.69, 9.17) is 37.9 Å². The third kappa shape index (κ3) is 7.79. The van der Waals surface area contributed by atoms with Gasteiger partial charge in [0.2, 0.25) is 0 Å². The van der Waals surface area contributed by atoms with Crippen molar-refractivity contribution in [1.82, 2.24) is 0 Å². The van der Waals surface area contributed by atoms with E-state index in [2.05, 4.69) is 20.8 Å². The van der Waals surface area contributed by atoms with Gasteiger partial charge in [0.25, 0.3) is 0 Å². The molecule has 1 spiro atoms.